The molecule has 1 N–H and O–H groups in total. The number of ether oxygens (including phenoxy) is 1. The van der Waals surface area contributed by atoms with Crippen molar-refractivity contribution in [2.24, 2.45) is 11.8 Å². The van der Waals surface area contributed by atoms with Crippen LogP contribution in [0.2, 0.25) is 0 Å². The van der Waals surface area contributed by atoms with Crippen molar-refractivity contribution >= 4 is 0 Å². The van der Waals surface area contributed by atoms with E-state index in [2.05, 4.69) is 4.90 Å². The molecule has 3 nitrogen and oxygen atoms in total. The third-order valence-electron chi connectivity index (χ3n) is 4.88. The maximum atomic E-state index is 10.3. The number of hydrogen-bond acceptors (Lipinski definition) is 3. The number of nitrogens with zero attached hydrogens (tertiary/aromatic N) is 1. The number of rotatable bonds is 1. The highest BCUT2D eigenvalue weighted by atomic mass is 16.5. The highest BCUT2D eigenvalue weighted by Gasteiger charge is 2.42. The van der Waals surface area contributed by atoms with Crippen LogP contribution in [0.3, 0.4) is 0 Å². The van der Waals surface area contributed by atoms with Crippen LogP contribution in [0.15, 0.2) is 0 Å². The van der Waals surface area contributed by atoms with Crippen LogP contribution in [0.25, 0.3) is 0 Å². The monoisotopic (exact) mass is 225 g/mol. The van der Waals surface area contributed by atoms with Crippen LogP contribution < -0.4 is 0 Å². The Hall–Kier alpha value is -0.120. The molecule has 0 amide bonds. The molecule has 3 fully saturated rings. The van der Waals surface area contributed by atoms with E-state index in [0.29, 0.717) is 17.9 Å². The highest BCUT2D eigenvalue weighted by molar-refractivity contribution is 4.95. The molecule has 0 aromatic carbocycles. The number of aliphatic hydroxyl groups is 1. The van der Waals surface area contributed by atoms with Gasteiger partial charge in [0, 0.05) is 25.0 Å². The van der Waals surface area contributed by atoms with Crippen molar-refractivity contribution in [3.8, 4) is 0 Å². The summed E-state index contributed by atoms with van der Waals surface area (Å²) in [6.45, 7) is 3.89. The van der Waals surface area contributed by atoms with E-state index in [4.69, 9.17) is 4.74 Å². The van der Waals surface area contributed by atoms with Gasteiger partial charge in [-0.3, -0.25) is 4.90 Å². The van der Waals surface area contributed by atoms with Crippen LogP contribution >= 0.6 is 0 Å². The molecule has 2 bridgehead atoms. The second-order valence-corrected chi connectivity index (χ2v) is 5.64. The lowest BCUT2D eigenvalue weighted by Crippen LogP contribution is -2.54. The first-order chi connectivity index (χ1) is 7.86. The Morgan fingerprint density at radius 1 is 1.00 bits per heavy atom. The third-order valence-corrected chi connectivity index (χ3v) is 4.88. The molecule has 3 rings (SSSR count). The summed E-state index contributed by atoms with van der Waals surface area (Å²) in [5.74, 6) is 1.15. The molecule has 2 aliphatic carbocycles. The fraction of sp³-hybridized carbons (Fsp3) is 1.00. The molecule has 0 unspecified atom stereocenters. The smallest absolute Gasteiger partial charge is 0.0611 e. The molecule has 0 spiro atoms. The van der Waals surface area contributed by atoms with Crippen LogP contribution in [-0.4, -0.2) is 48.5 Å². The number of hydrogen-bond donors (Lipinski definition) is 1. The Kier molecular flexibility index (Phi) is 3.18. The van der Waals surface area contributed by atoms with Gasteiger partial charge in [-0.25, -0.2) is 0 Å². The average Bonchev–Trinajstić information content (AvgIpc) is 2.30. The zero-order chi connectivity index (χ0) is 11.0. The summed E-state index contributed by atoms with van der Waals surface area (Å²) >= 11 is 0. The van der Waals surface area contributed by atoms with E-state index in [1.807, 2.05) is 0 Å². The van der Waals surface area contributed by atoms with E-state index in [0.717, 1.165) is 26.3 Å². The van der Waals surface area contributed by atoms with E-state index < -0.39 is 0 Å². The first-order valence-electron chi connectivity index (χ1n) is 6.86. The quantitative estimate of drug-likeness (QED) is 0.729. The largest absolute Gasteiger partial charge is 0.392 e. The van der Waals surface area contributed by atoms with E-state index in [9.17, 15) is 5.11 Å². The van der Waals surface area contributed by atoms with Gasteiger partial charge in [-0.05, 0) is 31.6 Å². The molecule has 0 radical (unpaired) electrons. The third kappa shape index (κ3) is 1.89. The summed E-state index contributed by atoms with van der Waals surface area (Å²) in [4.78, 5) is 2.57. The lowest BCUT2D eigenvalue weighted by Gasteiger charge is -2.49. The molecule has 16 heavy (non-hydrogen) atoms. The minimum Gasteiger partial charge on any atom is -0.392 e. The molecule has 1 heterocycles. The topological polar surface area (TPSA) is 32.7 Å². The first kappa shape index (κ1) is 11.0. The number of fused-ring (bicyclic) bond motifs is 2. The summed E-state index contributed by atoms with van der Waals surface area (Å²) in [6, 6.07) is 0.635. The Morgan fingerprint density at radius 2 is 1.81 bits per heavy atom. The molecule has 0 aromatic rings. The Balaban J connectivity index is 1.69. The van der Waals surface area contributed by atoms with Crippen molar-refractivity contribution < 1.29 is 9.84 Å². The van der Waals surface area contributed by atoms with Crippen molar-refractivity contribution in [1.29, 1.82) is 0 Å². The normalized spacial score (nSPS) is 45.6. The fourth-order valence-corrected chi connectivity index (χ4v) is 4.00. The van der Waals surface area contributed by atoms with Gasteiger partial charge < -0.3 is 9.84 Å². The van der Waals surface area contributed by atoms with Crippen LogP contribution in [0.4, 0.5) is 0 Å². The highest BCUT2D eigenvalue weighted by Crippen LogP contribution is 2.42. The van der Waals surface area contributed by atoms with E-state index in [-0.39, 0.29) is 6.10 Å². The number of morpholine rings is 1. The van der Waals surface area contributed by atoms with Crippen LogP contribution in [0, 0.1) is 11.8 Å². The Labute approximate surface area is 97.8 Å². The predicted octanol–water partition coefficient (Wildman–Crippen LogP) is 1.26. The zero-order valence-corrected chi connectivity index (χ0v) is 9.98. The number of aliphatic hydroxyl groups excluding tert-OH is 1. The molecule has 3 aliphatic rings. The van der Waals surface area contributed by atoms with Gasteiger partial charge in [-0.1, -0.05) is 6.42 Å². The van der Waals surface area contributed by atoms with E-state index in [1.54, 1.807) is 0 Å². The molecule has 2 saturated carbocycles. The van der Waals surface area contributed by atoms with Gasteiger partial charge in [0.25, 0.3) is 0 Å². The summed E-state index contributed by atoms with van der Waals surface area (Å²) in [7, 11) is 0. The first-order valence-corrected chi connectivity index (χ1v) is 6.86. The molecule has 3 heteroatoms. The van der Waals surface area contributed by atoms with Crippen LogP contribution in [0.1, 0.15) is 32.1 Å². The molecular formula is C13H23NO2. The Bertz CT molecular complexity index is 240. The zero-order valence-electron chi connectivity index (χ0n) is 9.98. The van der Waals surface area contributed by atoms with Crippen molar-refractivity contribution in [2.75, 3.05) is 26.3 Å². The minimum absolute atomic E-state index is 0.0182. The molecule has 1 aliphatic heterocycles. The SMILES string of the molecule is O[C@H]1[C@H]2CCC[C@@H]1[C@H](N1CCOCC1)CC2. The molecule has 4 atom stereocenters. The summed E-state index contributed by atoms with van der Waals surface area (Å²) in [5.41, 5.74) is 0. The van der Waals surface area contributed by atoms with Crippen molar-refractivity contribution in [1.82, 2.24) is 4.90 Å². The van der Waals surface area contributed by atoms with Crippen LogP contribution in [0.5, 0.6) is 0 Å². The summed E-state index contributed by atoms with van der Waals surface area (Å²) in [6.07, 6.45) is 6.34. The van der Waals surface area contributed by atoms with Gasteiger partial charge in [-0.15, -0.1) is 0 Å². The van der Waals surface area contributed by atoms with Gasteiger partial charge in [0.05, 0.1) is 19.3 Å². The summed E-state index contributed by atoms with van der Waals surface area (Å²) < 4.78 is 5.42. The molecule has 1 saturated heterocycles. The van der Waals surface area contributed by atoms with Crippen molar-refractivity contribution in [2.45, 2.75) is 44.2 Å². The summed E-state index contributed by atoms with van der Waals surface area (Å²) in [5, 5.41) is 10.3. The Morgan fingerprint density at radius 3 is 2.62 bits per heavy atom. The second-order valence-electron chi connectivity index (χ2n) is 5.64. The van der Waals surface area contributed by atoms with Gasteiger partial charge in [-0.2, -0.15) is 0 Å². The molecular weight excluding hydrogens is 202 g/mol. The second kappa shape index (κ2) is 4.63. The van der Waals surface area contributed by atoms with E-state index >= 15 is 0 Å². The lowest BCUT2D eigenvalue weighted by molar-refractivity contribution is -0.0827. The average molecular weight is 225 g/mol. The minimum atomic E-state index is -0.0182. The maximum Gasteiger partial charge on any atom is 0.0611 e. The van der Waals surface area contributed by atoms with Crippen molar-refractivity contribution in [3.63, 3.8) is 0 Å². The van der Waals surface area contributed by atoms with Crippen LogP contribution in [-0.2, 0) is 4.74 Å². The fourth-order valence-electron chi connectivity index (χ4n) is 4.00. The predicted molar refractivity (Wildman–Crippen MR) is 62.3 cm³/mol. The molecule has 92 valence electrons. The lowest BCUT2D eigenvalue weighted by atomic mass is 9.67. The van der Waals surface area contributed by atoms with Crippen molar-refractivity contribution in [3.05, 3.63) is 0 Å². The molecule has 0 aromatic heterocycles. The van der Waals surface area contributed by atoms with Gasteiger partial charge in [0.15, 0.2) is 0 Å². The maximum absolute atomic E-state index is 10.3. The van der Waals surface area contributed by atoms with Gasteiger partial charge >= 0.3 is 0 Å². The van der Waals surface area contributed by atoms with Gasteiger partial charge in [0.2, 0.25) is 0 Å². The van der Waals surface area contributed by atoms with Gasteiger partial charge in [0.1, 0.15) is 0 Å². The standard InChI is InChI=1S/C13H23NO2/c15-13-10-2-1-3-11(13)12(5-4-10)14-6-8-16-9-7-14/h10-13,15H,1-9H2/t10-,11+,12+,13-/m0/s1. The van der Waals surface area contributed by atoms with E-state index in [1.165, 1.54) is 32.1 Å².